The monoisotopic (exact) mass is 544 g/mol. The van der Waals surface area contributed by atoms with Crippen LogP contribution in [0.5, 0.6) is 17.2 Å². The minimum atomic E-state index is -0.212. The summed E-state index contributed by atoms with van der Waals surface area (Å²) in [6, 6.07) is 11.8. The van der Waals surface area contributed by atoms with Crippen LogP contribution >= 0.6 is 0 Å². The maximum atomic E-state index is 10.9. The average Bonchev–Trinajstić information content (AvgIpc) is 2.75. The van der Waals surface area contributed by atoms with Crippen LogP contribution in [0.25, 0.3) is 0 Å². The lowest BCUT2D eigenvalue weighted by Gasteiger charge is -2.32. The molecule has 0 saturated heterocycles. The molecule has 0 aromatic heterocycles. The molecule has 218 valence electrons. The lowest BCUT2D eigenvalue weighted by Crippen LogP contribution is -2.19. The predicted octanol–water partition coefficient (Wildman–Crippen LogP) is 9.95. The maximum Gasteiger partial charge on any atom is 0.119 e. The standard InChI is InChI=1S/C37H52O3/c1-21(25-14-17-29(38)32(22(25)2)35(5,6)7)20-28(26-15-18-30(39)33(23(26)3)36(8,9)10)27-16-19-31(40)34(24(27)4)37(11,12)13/h14-19,21,28,38-40H,20H2,1-13H3/t21-/m0/s1. The van der Waals surface area contributed by atoms with Crippen molar-refractivity contribution in [3.63, 3.8) is 0 Å². The van der Waals surface area contributed by atoms with Crippen LogP contribution in [0.15, 0.2) is 36.4 Å². The molecule has 0 aliphatic heterocycles. The molecule has 0 amide bonds. The highest BCUT2D eigenvalue weighted by Crippen LogP contribution is 2.46. The third-order valence-corrected chi connectivity index (χ3v) is 8.58. The van der Waals surface area contributed by atoms with Crippen molar-refractivity contribution in [2.24, 2.45) is 0 Å². The fraction of sp³-hybridized carbons (Fsp3) is 0.514. The third kappa shape index (κ3) is 6.04. The Morgan fingerprint density at radius 2 is 0.775 bits per heavy atom. The molecular weight excluding hydrogens is 492 g/mol. The van der Waals surface area contributed by atoms with Crippen molar-refractivity contribution in [2.75, 3.05) is 0 Å². The molecule has 3 heteroatoms. The van der Waals surface area contributed by atoms with E-state index in [1.165, 1.54) is 16.7 Å². The van der Waals surface area contributed by atoms with Crippen molar-refractivity contribution < 1.29 is 15.3 Å². The second-order valence-corrected chi connectivity index (χ2v) is 15.0. The van der Waals surface area contributed by atoms with Crippen molar-refractivity contribution >= 4 is 0 Å². The molecule has 3 rings (SSSR count). The van der Waals surface area contributed by atoms with Crippen molar-refractivity contribution in [3.05, 3.63) is 86.5 Å². The highest BCUT2D eigenvalue weighted by atomic mass is 16.3. The molecule has 0 aliphatic carbocycles. The highest BCUT2D eigenvalue weighted by molar-refractivity contribution is 5.55. The van der Waals surface area contributed by atoms with Gasteiger partial charge in [-0.05, 0) is 101 Å². The molecule has 0 unspecified atom stereocenters. The summed E-state index contributed by atoms with van der Waals surface area (Å²) in [4.78, 5) is 0. The summed E-state index contributed by atoms with van der Waals surface area (Å²) in [6.07, 6.45) is 0.847. The van der Waals surface area contributed by atoms with E-state index in [0.717, 1.165) is 39.8 Å². The number of aromatic hydroxyl groups is 3. The van der Waals surface area contributed by atoms with Crippen LogP contribution in [-0.2, 0) is 16.2 Å². The zero-order chi connectivity index (χ0) is 30.5. The second-order valence-electron chi connectivity index (χ2n) is 15.0. The second kappa shape index (κ2) is 10.8. The van der Waals surface area contributed by atoms with Gasteiger partial charge in [-0.25, -0.2) is 0 Å². The van der Waals surface area contributed by atoms with Gasteiger partial charge in [0.1, 0.15) is 17.2 Å². The molecule has 0 fully saturated rings. The largest absolute Gasteiger partial charge is 0.508 e. The van der Waals surface area contributed by atoms with E-state index in [4.69, 9.17) is 0 Å². The van der Waals surface area contributed by atoms with Gasteiger partial charge in [0, 0.05) is 22.6 Å². The molecule has 3 nitrogen and oxygen atoms in total. The highest BCUT2D eigenvalue weighted by Gasteiger charge is 2.31. The predicted molar refractivity (Wildman–Crippen MR) is 170 cm³/mol. The summed E-state index contributed by atoms with van der Waals surface area (Å²) in [5.41, 5.74) is 9.39. The molecule has 3 N–H and O–H groups in total. The van der Waals surface area contributed by atoms with Gasteiger partial charge in [0.05, 0.1) is 0 Å². The fourth-order valence-electron chi connectivity index (χ4n) is 7.17. The van der Waals surface area contributed by atoms with Gasteiger partial charge in [0.2, 0.25) is 0 Å². The first kappa shape index (κ1) is 31.6. The zero-order valence-corrected chi connectivity index (χ0v) is 27.2. The normalized spacial score (nSPS) is 13.7. The fourth-order valence-corrected chi connectivity index (χ4v) is 7.17. The Morgan fingerprint density at radius 3 is 1.07 bits per heavy atom. The first-order chi connectivity index (χ1) is 18.2. The van der Waals surface area contributed by atoms with Crippen molar-refractivity contribution in [3.8, 4) is 17.2 Å². The van der Waals surface area contributed by atoms with Crippen molar-refractivity contribution in [1.29, 1.82) is 0 Å². The molecule has 40 heavy (non-hydrogen) atoms. The molecular formula is C37H52O3. The summed E-state index contributed by atoms with van der Waals surface area (Å²) in [5, 5.41) is 32.6. The van der Waals surface area contributed by atoms with Crippen LogP contribution in [0.3, 0.4) is 0 Å². The minimum Gasteiger partial charge on any atom is -0.508 e. The van der Waals surface area contributed by atoms with Gasteiger partial charge in [-0.3, -0.25) is 0 Å². The van der Waals surface area contributed by atoms with E-state index in [9.17, 15) is 15.3 Å². The third-order valence-electron chi connectivity index (χ3n) is 8.58. The Balaban J connectivity index is 2.30. The summed E-state index contributed by atoms with van der Waals surface area (Å²) in [6.45, 7) is 28.0. The smallest absolute Gasteiger partial charge is 0.119 e. The SMILES string of the molecule is Cc1c(C(C[C@H](C)c2ccc(O)c(C(C)(C)C)c2C)c2ccc(O)c(C(C)(C)C)c2C)ccc(O)c1C(C)(C)C. The van der Waals surface area contributed by atoms with Crippen LogP contribution in [-0.4, -0.2) is 15.3 Å². The number of benzene rings is 3. The Labute approximate surface area is 243 Å². The first-order valence-corrected chi connectivity index (χ1v) is 14.7. The van der Waals surface area contributed by atoms with Crippen molar-refractivity contribution in [2.45, 2.75) is 125 Å². The molecule has 0 spiro atoms. The van der Waals surface area contributed by atoms with Gasteiger partial charge in [0.15, 0.2) is 0 Å². The van der Waals surface area contributed by atoms with Crippen molar-refractivity contribution in [1.82, 2.24) is 0 Å². The van der Waals surface area contributed by atoms with E-state index in [1.807, 2.05) is 18.2 Å². The number of hydrogen-bond donors (Lipinski definition) is 3. The lowest BCUT2D eigenvalue weighted by atomic mass is 9.72. The van der Waals surface area contributed by atoms with E-state index in [2.05, 4.69) is 108 Å². The Bertz CT molecular complexity index is 1320. The van der Waals surface area contributed by atoms with Crippen LogP contribution < -0.4 is 0 Å². The molecule has 0 heterocycles. The zero-order valence-electron chi connectivity index (χ0n) is 27.2. The summed E-state index contributed by atoms with van der Waals surface area (Å²) < 4.78 is 0. The van der Waals surface area contributed by atoms with Gasteiger partial charge < -0.3 is 15.3 Å². The van der Waals surface area contributed by atoms with Crippen LogP contribution in [0.1, 0.15) is 138 Å². The molecule has 3 aromatic carbocycles. The summed E-state index contributed by atoms with van der Waals surface area (Å²) >= 11 is 0. The number of hydrogen-bond acceptors (Lipinski definition) is 3. The van der Waals surface area contributed by atoms with Crippen LogP contribution in [0, 0.1) is 20.8 Å². The minimum absolute atomic E-state index is 0.0460. The van der Waals surface area contributed by atoms with E-state index >= 15 is 0 Å². The Hall–Kier alpha value is -2.94. The van der Waals surface area contributed by atoms with Gasteiger partial charge in [-0.2, -0.15) is 0 Å². The van der Waals surface area contributed by atoms with Crippen LogP contribution in [0.4, 0.5) is 0 Å². The van der Waals surface area contributed by atoms with E-state index in [0.29, 0.717) is 17.2 Å². The molecule has 0 aliphatic rings. The Kier molecular flexibility index (Phi) is 8.53. The lowest BCUT2D eigenvalue weighted by molar-refractivity contribution is 0.443. The molecule has 3 aromatic rings. The first-order valence-electron chi connectivity index (χ1n) is 14.7. The van der Waals surface area contributed by atoms with Crippen LogP contribution in [0.2, 0.25) is 0 Å². The van der Waals surface area contributed by atoms with E-state index < -0.39 is 0 Å². The Morgan fingerprint density at radius 1 is 0.500 bits per heavy atom. The number of rotatable bonds is 5. The van der Waals surface area contributed by atoms with Gasteiger partial charge in [-0.1, -0.05) is 87.4 Å². The summed E-state index contributed by atoms with van der Waals surface area (Å²) in [7, 11) is 0. The number of phenols is 3. The van der Waals surface area contributed by atoms with Gasteiger partial charge in [-0.15, -0.1) is 0 Å². The van der Waals surface area contributed by atoms with Gasteiger partial charge >= 0.3 is 0 Å². The maximum absolute atomic E-state index is 10.9. The molecule has 1 atom stereocenters. The van der Waals surface area contributed by atoms with E-state index in [-0.39, 0.29) is 28.1 Å². The van der Waals surface area contributed by atoms with E-state index in [1.54, 1.807) is 0 Å². The van der Waals surface area contributed by atoms with Gasteiger partial charge in [0.25, 0.3) is 0 Å². The summed E-state index contributed by atoms with van der Waals surface area (Å²) in [5.74, 6) is 1.27. The number of phenolic OH excluding ortho intramolecular Hbond substituents is 3. The quantitative estimate of drug-likeness (QED) is 0.299. The molecule has 0 bridgehead atoms. The molecule has 0 radical (unpaired) electrons. The molecule has 0 saturated carbocycles. The topological polar surface area (TPSA) is 60.7 Å². The average molecular weight is 545 g/mol.